The van der Waals surface area contributed by atoms with Crippen molar-refractivity contribution in [3.8, 4) is 0 Å². The summed E-state index contributed by atoms with van der Waals surface area (Å²) in [5.74, 6) is 0. The van der Waals surface area contributed by atoms with Crippen LogP contribution in [0.3, 0.4) is 0 Å². The van der Waals surface area contributed by atoms with E-state index in [0.717, 1.165) is 12.1 Å². The van der Waals surface area contributed by atoms with Crippen molar-refractivity contribution >= 4 is 21.6 Å². The number of fused-ring (bicyclic) bond motifs is 1. The Labute approximate surface area is 117 Å². The van der Waals surface area contributed by atoms with E-state index in [0.29, 0.717) is 6.04 Å². The SMILES string of the molecule is CC(NCc1ccccc1)c1cnc2ccsc2c1. The van der Waals surface area contributed by atoms with Crippen LogP contribution in [0.2, 0.25) is 0 Å². The van der Waals surface area contributed by atoms with E-state index in [9.17, 15) is 0 Å². The van der Waals surface area contributed by atoms with E-state index in [2.05, 4.69) is 59.0 Å². The first-order valence-electron chi connectivity index (χ1n) is 6.43. The number of rotatable bonds is 4. The Morgan fingerprint density at radius 3 is 2.89 bits per heavy atom. The van der Waals surface area contributed by atoms with Gasteiger partial charge in [0.15, 0.2) is 0 Å². The van der Waals surface area contributed by atoms with Crippen LogP contribution in [0.1, 0.15) is 24.1 Å². The molecule has 3 heteroatoms. The van der Waals surface area contributed by atoms with Crippen LogP contribution in [0.15, 0.2) is 54.0 Å². The van der Waals surface area contributed by atoms with E-state index in [1.165, 1.54) is 15.8 Å². The van der Waals surface area contributed by atoms with Gasteiger partial charge >= 0.3 is 0 Å². The van der Waals surface area contributed by atoms with Gasteiger partial charge in [-0.25, -0.2) is 0 Å². The molecule has 19 heavy (non-hydrogen) atoms. The summed E-state index contributed by atoms with van der Waals surface area (Å²) in [5, 5.41) is 5.62. The molecule has 1 atom stereocenters. The largest absolute Gasteiger partial charge is 0.306 e. The van der Waals surface area contributed by atoms with E-state index < -0.39 is 0 Å². The fraction of sp³-hybridized carbons (Fsp3) is 0.188. The average molecular weight is 268 g/mol. The molecule has 1 unspecified atom stereocenters. The van der Waals surface area contributed by atoms with Crippen molar-refractivity contribution in [1.82, 2.24) is 10.3 Å². The Balaban J connectivity index is 1.71. The van der Waals surface area contributed by atoms with Gasteiger partial charge in [0, 0.05) is 18.8 Å². The molecule has 0 saturated heterocycles. The van der Waals surface area contributed by atoms with Gasteiger partial charge < -0.3 is 5.32 Å². The fourth-order valence-corrected chi connectivity index (χ4v) is 2.87. The van der Waals surface area contributed by atoms with E-state index in [-0.39, 0.29) is 0 Å². The van der Waals surface area contributed by atoms with Crippen LogP contribution >= 0.6 is 11.3 Å². The van der Waals surface area contributed by atoms with Gasteiger partial charge in [0.25, 0.3) is 0 Å². The summed E-state index contributed by atoms with van der Waals surface area (Å²) < 4.78 is 1.26. The summed E-state index contributed by atoms with van der Waals surface area (Å²) >= 11 is 1.74. The summed E-state index contributed by atoms with van der Waals surface area (Å²) in [6, 6.07) is 15.1. The van der Waals surface area contributed by atoms with Gasteiger partial charge in [-0.15, -0.1) is 11.3 Å². The van der Waals surface area contributed by atoms with Gasteiger partial charge in [-0.1, -0.05) is 30.3 Å². The molecule has 3 aromatic rings. The molecule has 0 aliphatic carbocycles. The summed E-state index contributed by atoms with van der Waals surface area (Å²) in [4.78, 5) is 4.49. The van der Waals surface area contributed by atoms with E-state index in [4.69, 9.17) is 0 Å². The smallest absolute Gasteiger partial charge is 0.0809 e. The summed E-state index contributed by atoms with van der Waals surface area (Å²) in [5.41, 5.74) is 3.63. The lowest BCUT2D eigenvalue weighted by molar-refractivity contribution is 0.574. The first-order chi connectivity index (χ1) is 9.33. The standard InChI is InChI=1S/C16H16N2S/c1-12(17-10-13-5-3-2-4-6-13)14-9-16-15(18-11-14)7-8-19-16/h2-9,11-12,17H,10H2,1H3. The summed E-state index contributed by atoms with van der Waals surface area (Å²) in [7, 11) is 0. The minimum absolute atomic E-state index is 0.305. The first kappa shape index (κ1) is 12.3. The molecule has 1 aromatic carbocycles. The van der Waals surface area contributed by atoms with Crippen LogP contribution in [-0.2, 0) is 6.54 Å². The quantitative estimate of drug-likeness (QED) is 0.769. The highest BCUT2D eigenvalue weighted by atomic mass is 32.1. The number of hydrogen-bond acceptors (Lipinski definition) is 3. The van der Waals surface area contributed by atoms with Crippen molar-refractivity contribution in [2.75, 3.05) is 0 Å². The third-order valence-electron chi connectivity index (χ3n) is 3.28. The Hall–Kier alpha value is -1.71. The number of benzene rings is 1. The minimum Gasteiger partial charge on any atom is -0.306 e. The van der Waals surface area contributed by atoms with Gasteiger partial charge in [-0.05, 0) is 35.6 Å². The number of pyridine rings is 1. The molecule has 0 fully saturated rings. The summed E-state index contributed by atoms with van der Waals surface area (Å²) in [6.45, 7) is 3.06. The minimum atomic E-state index is 0.305. The molecule has 0 radical (unpaired) electrons. The third kappa shape index (κ3) is 2.83. The second-order valence-electron chi connectivity index (χ2n) is 4.66. The fourth-order valence-electron chi connectivity index (χ4n) is 2.08. The molecule has 2 heterocycles. The number of nitrogens with one attached hydrogen (secondary N) is 1. The molecular weight excluding hydrogens is 252 g/mol. The van der Waals surface area contributed by atoms with Crippen LogP contribution < -0.4 is 5.32 Å². The highest BCUT2D eigenvalue weighted by Crippen LogP contribution is 2.22. The van der Waals surface area contributed by atoms with Crippen molar-refractivity contribution in [3.05, 3.63) is 65.2 Å². The average Bonchev–Trinajstić information content (AvgIpc) is 2.93. The highest BCUT2D eigenvalue weighted by molar-refractivity contribution is 7.17. The van der Waals surface area contributed by atoms with E-state index >= 15 is 0 Å². The molecule has 0 spiro atoms. The van der Waals surface area contributed by atoms with E-state index in [1.807, 2.05) is 12.3 Å². The zero-order chi connectivity index (χ0) is 13.1. The highest BCUT2D eigenvalue weighted by Gasteiger charge is 2.07. The maximum absolute atomic E-state index is 4.49. The predicted octanol–water partition coefficient (Wildman–Crippen LogP) is 4.15. The number of hydrogen-bond donors (Lipinski definition) is 1. The summed E-state index contributed by atoms with van der Waals surface area (Å²) in [6.07, 6.45) is 1.97. The van der Waals surface area contributed by atoms with E-state index in [1.54, 1.807) is 11.3 Å². The lowest BCUT2D eigenvalue weighted by atomic mass is 10.1. The Morgan fingerprint density at radius 1 is 1.21 bits per heavy atom. The maximum atomic E-state index is 4.49. The number of aromatic nitrogens is 1. The molecule has 0 amide bonds. The molecule has 0 bridgehead atoms. The molecule has 0 aliphatic heterocycles. The van der Waals surface area contributed by atoms with Crippen molar-refractivity contribution in [1.29, 1.82) is 0 Å². The van der Waals surface area contributed by atoms with Crippen molar-refractivity contribution in [3.63, 3.8) is 0 Å². The third-order valence-corrected chi connectivity index (χ3v) is 4.13. The monoisotopic (exact) mass is 268 g/mol. The molecule has 0 aliphatic rings. The van der Waals surface area contributed by atoms with Crippen LogP contribution in [0.25, 0.3) is 10.2 Å². The lowest BCUT2D eigenvalue weighted by Gasteiger charge is -2.14. The Kier molecular flexibility index (Phi) is 3.58. The van der Waals surface area contributed by atoms with Crippen LogP contribution in [0.4, 0.5) is 0 Å². The van der Waals surface area contributed by atoms with Crippen LogP contribution in [0, 0.1) is 0 Å². The second kappa shape index (κ2) is 5.51. The number of nitrogens with zero attached hydrogens (tertiary/aromatic N) is 1. The zero-order valence-electron chi connectivity index (χ0n) is 10.8. The second-order valence-corrected chi connectivity index (χ2v) is 5.61. The Morgan fingerprint density at radius 2 is 2.05 bits per heavy atom. The zero-order valence-corrected chi connectivity index (χ0v) is 11.7. The molecule has 0 saturated carbocycles. The lowest BCUT2D eigenvalue weighted by Crippen LogP contribution is -2.18. The topological polar surface area (TPSA) is 24.9 Å². The first-order valence-corrected chi connectivity index (χ1v) is 7.31. The molecule has 2 aromatic heterocycles. The van der Waals surface area contributed by atoms with Gasteiger partial charge in [-0.2, -0.15) is 0 Å². The van der Waals surface area contributed by atoms with Crippen LogP contribution in [0.5, 0.6) is 0 Å². The van der Waals surface area contributed by atoms with Crippen molar-refractivity contribution in [2.24, 2.45) is 0 Å². The van der Waals surface area contributed by atoms with Crippen LogP contribution in [-0.4, -0.2) is 4.98 Å². The predicted molar refractivity (Wildman–Crippen MR) is 81.3 cm³/mol. The van der Waals surface area contributed by atoms with Gasteiger partial charge in [-0.3, -0.25) is 4.98 Å². The van der Waals surface area contributed by atoms with Gasteiger partial charge in [0.1, 0.15) is 0 Å². The molecule has 3 rings (SSSR count). The van der Waals surface area contributed by atoms with Crippen molar-refractivity contribution in [2.45, 2.75) is 19.5 Å². The Bertz CT molecular complexity index is 661. The molecule has 96 valence electrons. The molecule has 2 nitrogen and oxygen atoms in total. The molecular formula is C16H16N2S. The van der Waals surface area contributed by atoms with Crippen molar-refractivity contribution < 1.29 is 0 Å². The molecule has 1 N–H and O–H groups in total. The van der Waals surface area contributed by atoms with Gasteiger partial charge in [0.2, 0.25) is 0 Å². The van der Waals surface area contributed by atoms with Gasteiger partial charge in [0.05, 0.1) is 10.2 Å². The maximum Gasteiger partial charge on any atom is 0.0809 e. The normalized spacial score (nSPS) is 12.7. The number of thiophene rings is 1.